The summed E-state index contributed by atoms with van der Waals surface area (Å²) in [5, 5.41) is 7.37. The van der Waals surface area contributed by atoms with E-state index in [4.69, 9.17) is 4.98 Å². The Bertz CT molecular complexity index is 3250. The Morgan fingerprint density at radius 1 is 0.304 bits per heavy atom. The summed E-state index contributed by atoms with van der Waals surface area (Å²) >= 11 is 0. The van der Waals surface area contributed by atoms with E-state index in [-0.39, 0.29) is 0 Å². The van der Waals surface area contributed by atoms with Crippen molar-refractivity contribution in [3.63, 3.8) is 0 Å². The number of hydrogen-bond donors (Lipinski definition) is 0. The Hall–Kier alpha value is -7.63. The summed E-state index contributed by atoms with van der Waals surface area (Å²) in [5.74, 6) is 0. The molecule has 12 aromatic rings. The highest BCUT2D eigenvalue weighted by Gasteiger charge is 2.25. The summed E-state index contributed by atoms with van der Waals surface area (Å²) in [5.41, 5.74) is 13.2. The van der Waals surface area contributed by atoms with Gasteiger partial charge in [-0.15, -0.1) is 0 Å². The molecule has 5 heterocycles. The number of rotatable bonds is 5. The zero-order valence-corrected chi connectivity index (χ0v) is 30.3. The van der Waals surface area contributed by atoms with Crippen LogP contribution in [0.4, 0.5) is 0 Å². The van der Waals surface area contributed by atoms with Crippen LogP contribution in [-0.4, -0.2) is 23.3 Å². The lowest BCUT2D eigenvalue weighted by atomic mass is 10.1. The fourth-order valence-corrected chi connectivity index (χ4v) is 9.13. The minimum atomic E-state index is 0.920. The zero-order valence-electron chi connectivity index (χ0n) is 30.3. The number of aromatic nitrogens is 5. The van der Waals surface area contributed by atoms with Crippen LogP contribution in [0.25, 0.3) is 99.7 Å². The van der Waals surface area contributed by atoms with Crippen molar-refractivity contribution in [2.75, 3.05) is 0 Å². The second kappa shape index (κ2) is 11.9. The van der Waals surface area contributed by atoms with Gasteiger partial charge in [0.1, 0.15) is 11.3 Å². The Morgan fingerprint density at radius 3 is 1.05 bits per heavy atom. The molecule has 0 unspecified atom stereocenters. The molecule has 5 nitrogen and oxygen atoms in total. The van der Waals surface area contributed by atoms with Crippen LogP contribution in [0.3, 0.4) is 0 Å². The van der Waals surface area contributed by atoms with E-state index in [2.05, 4.69) is 206 Å². The molecule has 0 radical (unpaired) electrons. The van der Waals surface area contributed by atoms with E-state index in [1.165, 1.54) is 43.4 Å². The van der Waals surface area contributed by atoms with Gasteiger partial charge in [0.25, 0.3) is 0 Å². The first kappa shape index (κ1) is 30.8. The van der Waals surface area contributed by atoms with Gasteiger partial charge in [-0.1, -0.05) is 115 Å². The molecule has 5 aromatic heterocycles. The van der Waals surface area contributed by atoms with E-state index in [1.807, 2.05) is 12.3 Å². The highest BCUT2D eigenvalue weighted by atomic mass is 15.2. The van der Waals surface area contributed by atoms with E-state index in [0.717, 1.165) is 56.3 Å². The number of pyridine rings is 1. The van der Waals surface area contributed by atoms with Gasteiger partial charge in [-0.05, 0) is 78.9 Å². The number of para-hydroxylation sites is 6. The van der Waals surface area contributed by atoms with Crippen molar-refractivity contribution in [3.05, 3.63) is 200 Å². The van der Waals surface area contributed by atoms with Gasteiger partial charge >= 0.3 is 0 Å². The SMILES string of the molecule is c1ccc(-n2c3ccccc3c3c4ccccc4n(-c4cc(-c5ccccn5)cc(-n5c6ccccc6c6c7ccccc7n(-c7ccccc7)c65)c4)c32)cc1. The molecule has 0 fully saturated rings. The van der Waals surface area contributed by atoms with Crippen molar-refractivity contribution in [3.8, 4) is 34.0 Å². The number of nitrogens with zero attached hydrogens (tertiary/aromatic N) is 5. The van der Waals surface area contributed by atoms with Crippen LogP contribution in [0, 0.1) is 0 Å². The Balaban J connectivity index is 1.27. The Kier molecular flexibility index (Phi) is 6.56. The minimum absolute atomic E-state index is 0.920. The number of fused-ring (bicyclic) bond motifs is 10. The van der Waals surface area contributed by atoms with Gasteiger partial charge in [0.15, 0.2) is 0 Å². The fourth-order valence-electron chi connectivity index (χ4n) is 9.13. The smallest absolute Gasteiger partial charge is 0.131 e. The molecule has 0 atom stereocenters. The van der Waals surface area contributed by atoms with Gasteiger partial charge < -0.3 is 0 Å². The molecular formula is C51H33N5. The molecule has 0 amide bonds. The molecule has 0 aliphatic carbocycles. The van der Waals surface area contributed by atoms with Crippen LogP contribution in [0.5, 0.6) is 0 Å². The van der Waals surface area contributed by atoms with Crippen LogP contribution >= 0.6 is 0 Å². The molecule has 0 bridgehead atoms. The molecule has 7 aromatic carbocycles. The van der Waals surface area contributed by atoms with Gasteiger partial charge in [-0.2, -0.15) is 0 Å². The fraction of sp³-hybridized carbons (Fsp3) is 0. The van der Waals surface area contributed by atoms with Crippen molar-refractivity contribution >= 4 is 65.7 Å². The highest BCUT2D eigenvalue weighted by molar-refractivity contribution is 6.23. The topological polar surface area (TPSA) is 32.6 Å². The molecule has 0 N–H and O–H groups in total. The molecule has 56 heavy (non-hydrogen) atoms. The summed E-state index contributed by atoms with van der Waals surface area (Å²) < 4.78 is 9.77. The second-order valence-corrected chi connectivity index (χ2v) is 14.4. The molecule has 0 saturated carbocycles. The number of benzene rings is 7. The summed E-state index contributed by atoms with van der Waals surface area (Å²) in [4.78, 5) is 4.91. The van der Waals surface area contributed by atoms with E-state index in [0.29, 0.717) is 0 Å². The third-order valence-electron chi connectivity index (χ3n) is 11.4. The molecule has 0 spiro atoms. The standard InChI is InChI=1S/C51H33N5/c1-3-17-35(18-4-1)53-44-26-11-7-21-39(44)48-41-23-9-13-28-46(41)55(50(48)53)37-31-34(43-25-15-16-30-52-43)32-38(33-37)56-47-29-14-10-24-42(47)49-40-22-8-12-27-45(40)54(51(49)56)36-19-5-2-6-20-36/h1-33H. The average molecular weight is 716 g/mol. The van der Waals surface area contributed by atoms with Crippen molar-refractivity contribution in [1.82, 2.24) is 23.3 Å². The van der Waals surface area contributed by atoms with Crippen molar-refractivity contribution in [2.24, 2.45) is 0 Å². The van der Waals surface area contributed by atoms with E-state index in [1.54, 1.807) is 0 Å². The first-order chi connectivity index (χ1) is 27.8. The lowest BCUT2D eigenvalue weighted by Gasteiger charge is -2.18. The first-order valence-electron chi connectivity index (χ1n) is 19.1. The quantitative estimate of drug-likeness (QED) is 0.175. The third-order valence-corrected chi connectivity index (χ3v) is 11.4. The van der Waals surface area contributed by atoms with Crippen LogP contribution in [-0.2, 0) is 0 Å². The van der Waals surface area contributed by atoms with Crippen LogP contribution in [0.1, 0.15) is 0 Å². The summed E-state index contributed by atoms with van der Waals surface area (Å²) in [6.07, 6.45) is 1.88. The predicted octanol–water partition coefficient (Wildman–Crippen LogP) is 12.8. The first-order valence-corrected chi connectivity index (χ1v) is 19.1. The van der Waals surface area contributed by atoms with Gasteiger partial charge in [-0.25, -0.2) is 0 Å². The maximum Gasteiger partial charge on any atom is 0.131 e. The minimum Gasteiger partial charge on any atom is -0.295 e. The maximum atomic E-state index is 4.91. The van der Waals surface area contributed by atoms with E-state index >= 15 is 0 Å². The van der Waals surface area contributed by atoms with E-state index < -0.39 is 0 Å². The molecule has 0 aliphatic heterocycles. The maximum absolute atomic E-state index is 4.91. The lowest BCUT2D eigenvalue weighted by molar-refractivity contribution is 1.04. The van der Waals surface area contributed by atoms with Crippen LogP contribution < -0.4 is 0 Å². The van der Waals surface area contributed by atoms with Crippen LogP contribution in [0.15, 0.2) is 200 Å². The van der Waals surface area contributed by atoms with Gasteiger partial charge in [0.05, 0.1) is 39.1 Å². The molecule has 5 heteroatoms. The average Bonchev–Trinajstić information content (AvgIpc) is 3.99. The lowest BCUT2D eigenvalue weighted by Crippen LogP contribution is -2.05. The summed E-state index contributed by atoms with van der Waals surface area (Å²) in [6, 6.07) is 69.8. The Morgan fingerprint density at radius 2 is 0.661 bits per heavy atom. The zero-order chi connectivity index (χ0) is 36.7. The molecular weight excluding hydrogens is 683 g/mol. The monoisotopic (exact) mass is 715 g/mol. The largest absolute Gasteiger partial charge is 0.295 e. The number of hydrogen-bond acceptors (Lipinski definition) is 1. The Labute approximate surface area is 322 Å². The van der Waals surface area contributed by atoms with E-state index in [9.17, 15) is 0 Å². The van der Waals surface area contributed by atoms with Crippen molar-refractivity contribution in [1.29, 1.82) is 0 Å². The van der Waals surface area contributed by atoms with Gasteiger partial charge in [0, 0.05) is 55.5 Å². The molecule has 12 rings (SSSR count). The van der Waals surface area contributed by atoms with Crippen LogP contribution in [0.2, 0.25) is 0 Å². The molecule has 0 saturated heterocycles. The summed E-state index contributed by atoms with van der Waals surface area (Å²) in [7, 11) is 0. The third kappa shape index (κ3) is 4.34. The van der Waals surface area contributed by atoms with Crippen molar-refractivity contribution < 1.29 is 0 Å². The van der Waals surface area contributed by atoms with Gasteiger partial charge in [0.2, 0.25) is 0 Å². The molecule has 262 valence electrons. The second-order valence-electron chi connectivity index (χ2n) is 14.4. The molecule has 0 aliphatic rings. The van der Waals surface area contributed by atoms with Crippen molar-refractivity contribution in [2.45, 2.75) is 0 Å². The normalized spacial score (nSPS) is 11.9. The predicted molar refractivity (Wildman–Crippen MR) is 232 cm³/mol. The van der Waals surface area contributed by atoms with Gasteiger partial charge in [-0.3, -0.25) is 23.3 Å². The summed E-state index contributed by atoms with van der Waals surface area (Å²) in [6.45, 7) is 0. The highest BCUT2D eigenvalue weighted by Crippen LogP contribution is 2.44.